The van der Waals surface area contributed by atoms with Crippen LogP contribution in [-0.2, 0) is 6.42 Å². The molecule has 2 heterocycles. The van der Waals surface area contributed by atoms with Gasteiger partial charge in [0.2, 0.25) is 0 Å². The van der Waals surface area contributed by atoms with Crippen LogP contribution in [0.5, 0.6) is 0 Å². The molecule has 1 aliphatic rings. The van der Waals surface area contributed by atoms with Gasteiger partial charge < -0.3 is 5.32 Å². The van der Waals surface area contributed by atoms with Crippen LogP contribution in [0.1, 0.15) is 24.6 Å². The highest BCUT2D eigenvalue weighted by atomic mass is 79.9. The number of halogens is 1. The lowest BCUT2D eigenvalue weighted by atomic mass is 9.95. The quantitative estimate of drug-likeness (QED) is 0.838. The van der Waals surface area contributed by atoms with Crippen LogP contribution in [0.25, 0.3) is 0 Å². The minimum Gasteiger partial charge on any atom is -0.313 e. The Morgan fingerprint density at radius 1 is 1.53 bits per heavy atom. The fourth-order valence-corrected chi connectivity index (χ4v) is 5.16. The molecule has 1 N–H and O–H groups in total. The summed E-state index contributed by atoms with van der Waals surface area (Å²) in [7, 11) is 0. The number of thiophene rings is 1. The van der Waals surface area contributed by atoms with E-state index in [1.54, 1.807) is 0 Å². The molecule has 0 bridgehead atoms. The lowest BCUT2D eigenvalue weighted by Crippen LogP contribution is -2.38. The molecule has 1 aromatic heterocycles. The van der Waals surface area contributed by atoms with Gasteiger partial charge in [0.05, 0.1) is 3.79 Å². The molecule has 0 radical (unpaired) electrons. The van der Waals surface area contributed by atoms with E-state index in [1.165, 1.54) is 39.4 Å². The van der Waals surface area contributed by atoms with E-state index in [1.807, 2.05) is 11.3 Å². The van der Waals surface area contributed by atoms with E-state index in [-0.39, 0.29) is 0 Å². The van der Waals surface area contributed by atoms with E-state index in [0.29, 0.717) is 6.04 Å². The summed E-state index contributed by atoms with van der Waals surface area (Å²) < 4.78 is 1.25. The van der Waals surface area contributed by atoms with Crippen molar-refractivity contribution in [1.29, 1.82) is 0 Å². The second-order valence-electron chi connectivity index (χ2n) is 4.59. The average molecular weight is 334 g/mol. The molecule has 1 aromatic rings. The second kappa shape index (κ2) is 7.17. The van der Waals surface area contributed by atoms with E-state index < -0.39 is 0 Å². The first kappa shape index (κ1) is 13.9. The van der Waals surface area contributed by atoms with Crippen LogP contribution in [0.15, 0.2) is 15.9 Å². The van der Waals surface area contributed by atoms with Crippen molar-refractivity contribution in [3.05, 3.63) is 20.8 Å². The Bertz CT molecular complexity index is 334. The van der Waals surface area contributed by atoms with Crippen molar-refractivity contribution in [2.75, 3.05) is 18.1 Å². The zero-order valence-corrected chi connectivity index (χ0v) is 13.5. The predicted molar refractivity (Wildman–Crippen MR) is 83.2 cm³/mol. The molecule has 2 unspecified atom stereocenters. The Balaban J connectivity index is 1.94. The fourth-order valence-electron chi connectivity index (χ4n) is 2.28. The minimum atomic E-state index is 0.676. The maximum atomic E-state index is 3.75. The maximum absolute atomic E-state index is 3.75. The average Bonchev–Trinajstić information content (AvgIpc) is 2.95. The summed E-state index contributed by atoms with van der Waals surface area (Å²) in [6, 6.07) is 5.10. The van der Waals surface area contributed by atoms with Crippen LogP contribution in [-0.4, -0.2) is 24.1 Å². The maximum Gasteiger partial charge on any atom is 0.0701 e. The summed E-state index contributed by atoms with van der Waals surface area (Å²) in [5.74, 6) is 3.56. The third kappa shape index (κ3) is 4.27. The van der Waals surface area contributed by atoms with Crippen molar-refractivity contribution in [3.8, 4) is 0 Å². The molecule has 0 amide bonds. The zero-order chi connectivity index (χ0) is 12.1. The Morgan fingerprint density at radius 2 is 2.41 bits per heavy atom. The van der Waals surface area contributed by atoms with Crippen LogP contribution in [0, 0.1) is 5.92 Å². The molecule has 0 aromatic carbocycles. The minimum absolute atomic E-state index is 0.676. The summed E-state index contributed by atoms with van der Waals surface area (Å²) in [6.07, 6.45) is 3.81. The Labute approximate surface area is 121 Å². The standard InChI is InChI=1S/C13H20BrNS2/c1-2-6-15-12(10-5-7-16-9-10)8-11-3-4-13(14)17-11/h3-4,10,12,15H,2,5-9H2,1H3. The van der Waals surface area contributed by atoms with Gasteiger partial charge in [-0.2, -0.15) is 11.8 Å². The van der Waals surface area contributed by atoms with E-state index >= 15 is 0 Å². The normalized spacial score (nSPS) is 21.9. The van der Waals surface area contributed by atoms with Crippen LogP contribution in [0.3, 0.4) is 0 Å². The number of rotatable bonds is 6. The van der Waals surface area contributed by atoms with E-state index in [9.17, 15) is 0 Å². The van der Waals surface area contributed by atoms with E-state index in [2.05, 4.69) is 52.1 Å². The van der Waals surface area contributed by atoms with E-state index in [4.69, 9.17) is 0 Å². The predicted octanol–water partition coefficient (Wildman–Crippen LogP) is 4.17. The molecule has 0 spiro atoms. The molecule has 4 heteroatoms. The molecule has 0 saturated carbocycles. The fraction of sp³-hybridized carbons (Fsp3) is 0.692. The smallest absolute Gasteiger partial charge is 0.0701 e. The highest BCUT2D eigenvalue weighted by Crippen LogP contribution is 2.30. The number of nitrogens with one attached hydrogen (secondary N) is 1. The summed E-state index contributed by atoms with van der Waals surface area (Å²) >= 11 is 7.54. The van der Waals surface area contributed by atoms with Gasteiger partial charge in [-0.1, -0.05) is 6.92 Å². The third-order valence-electron chi connectivity index (χ3n) is 3.24. The molecule has 0 aliphatic carbocycles. The van der Waals surface area contributed by atoms with Crippen molar-refractivity contribution in [1.82, 2.24) is 5.32 Å². The molecule has 2 atom stereocenters. The Hall–Kier alpha value is 0.490. The zero-order valence-electron chi connectivity index (χ0n) is 10.2. The molecule has 1 saturated heterocycles. The first-order chi connectivity index (χ1) is 8.29. The lowest BCUT2D eigenvalue weighted by Gasteiger charge is -2.23. The Morgan fingerprint density at radius 3 is 3.00 bits per heavy atom. The van der Waals surface area contributed by atoms with Gasteiger partial charge in [0.15, 0.2) is 0 Å². The first-order valence-electron chi connectivity index (χ1n) is 6.35. The third-order valence-corrected chi connectivity index (χ3v) is 6.07. The van der Waals surface area contributed by atoms with Gasteiger partial charge >= 0.3 is 0 Å². The highest BCUT2D eigenvalue weighted by Gasteiger charge is 2.25. The topological polar surface area (TPSA) is 12.0 Å². The van der Waals surface area contributed by atoms with Gasteiger partial charge in [-0.25, -0.2) is 0 Å². The molecular formula is C13H20BrNS2. The van der Waals surface area contributed by atoms with Crippen LogP contribution in [0.2, 0.25) is 0 Å². The molecule has 96 valence electrons. The molecular weight excluding hydrogens is 314 g/mol. The lowest BCUT2D eigenvalue weighted by molar-refractivity contribution is 0.382. The summed E-state index contributed by atoms with van der Waals surface area (Å²) in [5, 5.41) is 3.75. The number of hydrogen-bond donors (Lipinski definition) is 1. The molecule has 1 aliphatic heterocycles. The Kier molecular flexibility index (Phi) is 5.87. The molecule has 1 fully saturated rings. The molecule has 17 heavy (non-hydrogen) atoms. The molecule has 1 nitrogen and oxygen atoms in total. The van der Waals surface area contributed by atoms with Gasteiger partial charge in [-0.15, -0.1) is 11.3 Å². The van der Waals surface area contributed by atoms with Crippen LogP contribution >= 0.6 is 39.0 Å². The van der Waals surface area contributed by atoms with Crippen LogP contribution in [0.4, 0.5) is 0 Å². The number of hydrogen-bond acceptors (Lipinski definition) is 3. The SMILES string of the molecule is CCCNC(Cc1ccc(Br)s1)C1CCSC1. The van der Waals surface area contributed by atoms with Crippen molar-refractivity contribution in [2.45, 2.75) is 32.2 Å². The summed E-state index contributed by atoms with van der Waals surface area (Å²) in [6.45, 7) is 3.40. The molecule has 2 rings (SSSR count). The highest BCUT2D eigenvalue weighted by molar-refractivity contribution is 9.11. The largest absolute Gasteiger partial charge is 0.313 e. The van der Waals surface area contributed by atoms with Crippen molar-refractivity contribution < 1.29 is 0 Å². The monoisotopic (exact) mass is 333 g/mol. The summed E-state index contributed by atoms with van der Waals surface area (Å²) in [4.78, 5) is 1.50. The van der Waals surface area contributed by atoms with Crippen molar-refractivity contribution in [3.63, 3.8) is 0 Å². The van der Waals surface area contributed by atoms with Crippen LogP contribution < -0.4 is 5.32 Å². The van der Waals surface area contributed by atoms with Gasteiger partial charge in [0, 0.05) is 10.9 Å². The van der Waals surface area contributed by atoms with Gasteiger partial charge in [-0.3, -0.25) is 0 Å². The van der Waals surface area contributed by atoms with Gasteiger partial charge in [-0.05, 0) is 71.3 Å². The van der Waals surface area contributed by atoms with E-state index in [0.717, 1.165) is 12.5 Å². The summed E-state index contributed by atoms with van der Waals surface area (Å²) in [5.41, 5.74) is 0. The van der Waals surface area contributed by atoms with Crippen molar-refractivity contribution in [2.24, 2.45) is 5.92 Å². The number of thioether (sulfide) groups is 1. The first-order valence-corrected chi connectivity index (χ1v) is 9.11. The second-order valence-corrected chi connectivity index (χ2v) is 8.29. The van der Waals surface area contributed by atoms with Crippen molar-refractivity contribution >= 4 is 39.0 Å². The van der Waals surface area contributed by atoms with Gasteiger partial charge in [0.25, 0.3) is 0 Å². The van der Waals surface area contributed by atoms with Gasteiger partial charge in [0.1, 0.15) is 0 Å².